The third kappa shape index (κ3) is 3.40. The van der Waals surface area contributed by atoms with Crippen molar-refractivity contribution in [3.05, 3.63) is 53.8 Å². The molecule has 8 nitrogen and oxygen atoms in total. The zero-order valence-corrected chi connectivity index (χ0v) is 15.5. The molecule has 9 heteroatoms. The molecule has 1 aliphatic rings. The summed E-state index contributed by atoms with van der Waals surface area (Å²) in [6, 6.07) is 1.40. The number of rotatable bonds is 6. The van der Waals surface area contributed by atoms with Gasteiger partial charge in [-0.3, -0.25) is 14.5 Å². The van der Waals surface area contributed by atoms with Gasteiger partial charge < -0.3 is 14.1 Å². The Labute approximate surface area is 161 Å². The summed E-state index contributed by atoms with van der Waals surface area (Å²) in [5.41, 5.74) is 3.31. The Bertz CT molecular complexity index is 970. The number of halogens is 1. The fraction of sp³-hybridized carbons (Fsp3) is 0.368. The van der Waals surface area contributed by atoms with E-state index in [1.165, 1.54) is 24.9 Å². The smallest absolute Gasteiger partial charge is 0.257 e. The fourth-order valence-corrected chi connectivity index (χ4v) is 3.46. The highest BCUT2D eigenvalue weighted by atomic mass is 19.1. The Hall–Kier alpha value is -3.07. The third-order valence-electron chi connectivity index (χ3n) is 4.82. The van der Waals surface area contributed by atoms with Crippen LogP contribution in [-0.4, -0.2) is 50.8 Å². The minimum Gasteiger partial charge on any atom is -0.451 e. The molecule has 3 aromatic rings. The molecule has 0 fully saturated rings. The quantitative estimate of drug-likeness (QED) is 0.605. The second-order valence-corrected chi connectivity index (χ2v) is 6.55. The Morgan fingerprint density at radius 2 is 2.32 bits per heavy atom. The molecule has 0 radical (unpaired) electrons. The number of ether oxygens (including phenoxy) is 1. The summed E-state index contributed by atoms with van der Waals surface area (Å²) >= 11 is 0. The summed E-state index contributed by atoms with van der Waals surface area (Å²) in [6.07, 6.45) is 6.81. The lowest BCUT2D eigenvalue weighted by atomic mass is 10.0. The molecule has 4 rings (SSSR count). The first-order chi connectivity index (χ1) is 13.7. The average molecular weight is 385 g/mol. The van der Waals surface area contributed by atoms with Gasteiger partial charge >= 0.3 is 0 Å². The zero-order chi connectivity index (χ0) is 19.5. The van der Waals surface area contributed by atoms with Crippen molar-refractivity contribution >= 4 is 5.91 Å². The SMILES string of the molecule is COCCCn1nc(-c2cocn2)c2c1CCN(C(=O)c1ccncc1F)C2. The molecule has 0 atom stereocenters. The Balaban J connectivity index is 1.65. The number of hydrogen-bond acceptors (Lipinski definition) is 6. The molecular weight excluding hydrogens is 365 g/mol. The van der Waals surface area contributed by atoms with E-state index in [1.54, 1.807) is 12.0 Å². The van der Waals surface area contributed by atoms with Gasteiger partial charge in [-0.05, 0) is 12.5 Å². The van der Waals surface area contributed by atoms with Crippen molar-refractivity contribution in [1.82, 2.24) is 24.6 Å². The highest BCUT2D eigenvalue weighted by molar-refractivity contribution is 5.94. The Morgan fingerprint density at radius 3 is 3.07 bits per heavy atom. The van der Waals surface area contributed by atoms with Gasteiger partial charge in [0.2, 0.25) is 0 Å². The number of aromatic nitrogens is 4. The summed E-state index contributed by atoms with van der Waals surface area (Å²) in [6.45, 7) is 2.17. The van der Waals surface area contributed by atoms with E-state index in [-0.39, 0.29) is 11.5 Å². The van der Waals surface area contributed by atoms with E-state index in [2.05, 4.69) is 9.97 Å². The van der Waals surface area contributed by atoms with Gasteiger partial charge in [0.25, 0.3) is 5.91 Å². The molecule has 0 spiro atoms. The summed E-state index contributed by atoms with van der Waals surface area (Å²) in [5, 5.41) is 4.71. The maximum atomic E-state index is 14.0. The van der Waals surface area contributed by atoms with Gasteiger partial charge in [-0.2, -0.15) is 5.10 Å². The molecule has 146 valence electrons. The van der Waals surface area contributed by atoms with Crippen molar-refractivity contribution in [3.8, 4) is 11.4 Å². The summed E-state index contributed by atoms with van der Waals surface area (Å²) in [5.74, 6) is -0.978. The summed E-state index contributed by atoms with van der Waals surface area (Å²) in [7, 11) is 1.67. The van der Waals surface area contributed by atoms with Gasteiger partial charge in [-0.1, -0.05) is 0 Å². The topological polar surface area (TPSA) is 86.3 Å². The number of pyridine rings is 1. The largest absolute Gasteiger partial charge is 0.451 e. The first-order valence-electron chi connectivity index (χ1n) is 9.04. The number of carbonyl (C=O) groups excluding carboxylic acids is 1. The van der Waals surface area contributed by atoms with Gasteiger partial charge in [-0.15, -0.1) is 0 Å². The van der Waals surface area contributed by atoms with Crippen LogP contribution in [-0.2, 0) is 24.2 Å². The first-order valence-corrected chi connectivity index (χ1v) is 9.04. The van der Waals surface area contributed by atoms with E-state index < -0.39 is 5.82 Å². The molecule has 0 aromatic carbocycles. The van der Waals surface area contributed by atoms with E-state index in [0.717, 1.165) is 23.9 Å². The van der Waals surface area contributed by atoms with Crippen LogP contribution in [0.3, 0.4) is 0 Å². The fourth-order valence-electron chi connectivity index (χ4n) is 3.46. The predicted molar refractivity (Wildman–Crippen MR) is 96.9 cm³/mol. The van der Waals surface area contributed by atoms with Crippen molar-refractivity contribution in [2.75, 3.05) is 20.3 Å². The predicted octanol–water partition coefficient (Wildman–Crippen LogP) is 2.31. The van der Waals surface area contributed by atoms with Gasteiger partial charge in [0.1, 0.15) is 17.7 Å². The lowest BCUT2D eigenvalue weighted by Gasteiger charge is -2.28. The van der Waals surface area contributed by atoms with Gasteiger partial charge in [0, 0.05) is 50.7 Å². The van der Waals surface area contributed by atoms with Crippen LogP contribution in [0.4, 0.5) is 4.39 Å². The zero-order valence-electron chi connectivity index (χ0n) is 15.5. The van der Waals surface area contributed by atoms with Gasteiger partial charge in [0.05, 0.1) is 18.3 Å². The number of hydrogen-bond donors (Lipinski definition) is 0. The number of oxazole rings is 1. The van der Waals surface area contributed by atoms with Crippen LogP contribution in [0.25, 0.3) is 11.4 Å². The molecule has 3 aromatic heterocycles. The maximum absolute atomic E-state index is 14.0. The van der Waals surface area contributed by atoms with Crippen LogP contribution < -0.4 is 0 Å². The van der Waals surface area contributed by atoms with Crippen LogP contribution in [0.5, 0.6) is 0 Å². The summed E-state index contributed by atoms with van der Waals surface area (Å²) < 4.78 is 26.2. The van der Waals surface area contributed by atoms with E-state index in [9.17, 15) is 9.18 Å². The first kappa shape index (κ1) is 18.3. The Morgan fingerprint density at radius 1 is 1.43 bits per heavy atom. The third-order valence-corrected chi connectivity index (χ3v) is 4.82. The minimum absolute atomic E-state index is 0.0222. The lowest BCUT2D eigenvalue weighted by molar-refractivity contribution is 0.0728. The van der Waals surface area contributed by atoms with Crippen molar-refractivity contribution < 1.29 is 18.3 Å². The molecule has 0 unspecified atom stereocenters. The lowest BCUT2D eigenvalue weighted by Crippen LogP contribution is -2.37. The monoisotopic (exact) mass is 385 g/mol. The molecule has 1 amide bonds. The van der Waals surface area contributed by atoms with E-state index in [4.69, 9.17) is 14.3 Å². The number of fused-ring (bicyclic) bond motifs is 1. The molecule has 28 heavy (non-hydrogen) atoms. The van der Waals surface area contributed by atoms with Crippen molar-refractivity contribution in [2.45, 2.75) is 25.9 Å². The minimum atomic E-state index is -0.620. The molecule has 0 bridgehead atoms. The van der Waals surface area contributed by atoms with Gasteiger partial charge in [0.15, 0.2) is 12.2 Å². The molecule has 1 aliphatic heterocycles. The molecule has 4 heterocycles. The van der Waals surface area contributed by atoms with Crippen molar-refractivity contribution in [1.29, 1.82) is 0 Å². The summed E-state index contributed by atoms with van der Waals surface area (Å²) in [4.78, 5) is 22.4. The van der Waals surface area contributed by atoms with E-state index in [0.29, 0.717) is 44.0 Å². The average Bonchev–Trinajstić information content (AvgIpc) is 3.36. The maximum Gasteiger partial charge on any atom is 0.257 e. The van der Waals surface area contributed by atoms with Crippen LogP contribution in [0.1, 0.15) is 28.0 Å². The second-order valence-electron chi connectivity index (χ2n) is 6.55. The molecule has 0 N–H and O–H groups in total. The second kappa shape index (κ2) is 7.89. The molecule has 0 saturated carbocycles. The van der Waals surface area contributed by atoms with E-state index >= 15 is 0 Å². The number of aryl methyl sites for hydroxylation is 1. The Kier molecular flexibility index (Phi) is 5.16. The normalized spacial score (nSPS) is 13.6. The number of nitrogens with zero attached hydrogens (tertiary/aromatic N) is 5. The standard InChI is InChI=1S/C19H20FN5O3/c1-27-8-2-6-25-17-4-7-24(19(26)13-3-5-21-9-15(13)20)10-14(17)18(23-25)16-11-28-12-22-16/h3,5,9,11-12H,2,4,6-8,10H2,1H3. The van der Waals surface area contributed by atoms with Gasteiger partial charge in [-0.25, -0.2) is 9.37 Å². The van der Waals surface area contributed by atoms with Crippen molar-refractivity contribution in [3.63, 3.8) is 0 Å². The van der Waals surface area contributed by atoms with Crippen LogP contribution in [0.15, 0.2) is 35.5 Å². The van der Waals surface area contributed by atoms with Crippen LogP contribution in [0, 0.1) is 5.82 Å². The number of methoxy groups -OCH3 is 1. The number of carbonyl (C=O) groups is 1. The molecule has 0 aliphatic carbocycles. The highest BCUT2D eigenvalue weighted by Gasteiger charge is 2.30. The van der Waals surface area contributed by atoms with Crippen LogP contribution >= 0.6 is 0 Å². The number of amides is 1. The molecule has 0 saturated heterocycles. The molecular formula is C19H20FN5O3. The van der Waals surface area contributed by atoms with E-state index in [1.807, 2.05) is 4.68 Å². The van der Waals surface area contributed by atoms with Crippen molar-refractivity contribution in [2.24, 2.45) is 0 Å². The van der Waals surface area contributed by atoms with Crippen LogP contribution in [0.2, 0.25) is 0 Å². The highest BCUT2D eigenvalue weighted by Crippen LogP contribution is 2.30.